The number of nitrogens with two attached hydrogens (primary N) is 1. The monoisotopic (exact) mass is 330 g/mol. The zero-order valence-corrected chi connectivity index (χ0v) is 13.8. The normalized spacial score (nSPS) is 10.9. The van der Waals surface area contributed by atoms with Gasteiger partial charge in [0.2, 0.25) is 0 Å². The summed E-state index contributed by atoms with van der Waals surface area (Å²) in [5, 5.41) is 11.7. The van der Waals surface area contributed by atoms with Crippen molar-refractivity contribution in [3.05, 3.63) is 77.9 Å². The van der Waals surface area contributed by atoms with Gasteiger partial charge in [0.15, 0.2) is 5.82 Å². The smallest absolute Gasteiger partial charge is 0.181 e. The van der Waals surface area contributed by atoms with Crippen molar-refractivity contribution in [3.63, 3.8) is 0 Å². The van der Waals surface area contributed by atoms with Crippen molar-refractivity contribution in [2.45, 2.75) is 13.3 Å². The minimum absolute atomic E-state index is 0.640. The fourth-order valence-corrected chi connectivity index (χ4v) is 2.65. The number of benzene rings is 2. The molecule has 0 spiro atoms. The number of nitrogen functional groups attached to an aromatic ring is 1. The molecule has 0 amide bonds. The molecule has 0 aliphatic heterocycles. The standard InChI is InChI=1S/C19H18N6/c1-13-7-8-15(10-17(13)20)19-22-18(23-24-19)9-14-11-21-25(12-14)16-5-3-2-4-6-16/h2-8,10-12H,9,20H2,1H3,(H,22,23,24). The maximum atomic E-state index is 5.97. The molecule has 0 bridgehead atoms. The van der Waals surface area contributed by atoms with E-state index < -0.39 is 0 Å². The van der Waals surface area contributed by atoms with Gasteiger partial charge < -0.3 is 5.73 Å². The summed E-state index contributed by atoms with van der Waals surface area (Å²) in [4.78, 5) is 4.57. The molecule has 0 fully saturated rings. The lowest BCUT2D eigenvalue weighted by molar-refractivity contribution is 0.879. The van der Waals surface area contributed by atoms with Crippen LogP contribution >= 0.6 is 0 Å². The number of hydrogen-bond donors (Lipinski definition) is 2. The molecule has 2 aromatic carbocycles. The van der Waals surface area contributed by atoms with Gasteiger partial charge >= 0.3 is 0 Å². The van der Waals surface area contributed by atoms with Gasteiger partial charge in [-0.1, -0.05) is 30.3 Å². The minimum atomic E-state index is 0.640. The number of H-pyrrole nitrogens is 1. The minimum Gasteiger partial charge on any atom is -0.398 e. The van der Waals surface area contributed by atoms with E-state index in [1.165, 1.54) is 0 Å². The number of hydrogen-bond acceptors (Lipinski definition) is 4. The summed E-state index contributed by atoms with van der Waals surface area (Å²) in [6.45, 7) is 1.98. The highest BCUT2D eigenvalue weighted by Crippen LogP contribution is 2.21. The molecule has 4 rings (SSSR count). The van der Waals surface area contributed by atoms with E-state index in [0.717, 1.165) is 33.9 Å². The van der Waals surface area contributed by atoms with Crippen LogP contribution in [-0.4, -0.2) is 25.0 Å². The number of anilines is 1. The summed E-state index contributed by atoms with van der Waals surface area (Å²) >= 11 is 0. The Morgan fingerprint density at radius 1 is 1.12 bits per heavy atom. The van der Waals surface area contributed by atoms with E-state index in [-0.39, 0.29) is 0 Å². The van der Waals surface area contributed by atoms with Gasteiger partial charge in [0.1, 0.15) is 5.82 Å². The first-order valence-electron chi connectivity index (χ1n) is 8.06. The maximum absolute atomic E-state index is 5.97. The Kier molecular flexibility index (Phi) is 3.78. The second-order valence-corrected chi connectivity index (χ2v) is 5.98. The first-order chi connectivity index (χ1) is 12.2. The van der Waals surface area contributed by atoms with Gasteiger partial charge in [0.05, 0.1) is 11.9 Å². The van der Waals surface area contributed by atoms with E-state index in [2.05, 4.69) is 20.3 Å². The molecule has 2 heterocycles. The van der Waals surface area contributed by atoms with Crippen molar-refractivity contribution in [2.75, 3.05) is 5.73 Å². The summed E-state index contributed by atoms with van der Waals surface area (Å²) in [6.07, 6.45) is 4.49. The molecule has 0 aliphatic rings. The van der Waals surface area contributed by atoms with Crippen LogP contribution in [0.2, 0.25) is 0 Å². The molecule has 4 aromatic rings. The molecule has 3 N–H and O–H groups in total. The molecule has 6 heteroatoms. The van der Waals surface area contributed by atoms with Crippen molar-refractivity contribution in [1.82, 2.24) is 25.0 Å². The van der Waals surface area contributed by atoms with Crippen LogP contribution in [0.3, 0.4) is 0 Å². The van der Waals surface area contributed by atoms with Crippen LogP contribution in [0.4, 0.5) is 5.69 Å². The Morgan fingerprint density at radius 3 is 2.76 bits per heavy atom. The number of nitrogens with one attached hydrogen (secondary N) is 1. The third-order valence-electron chi connectivity index (χ3n) is 4.10. The second kappa shape index (κ2) is 6.24. The quantitative estimate of drug-likeness (QED) is 0.563. The fourth-order valence-electron chi connectivity index (χ4n) is 2.65. The number of aromatic nitrogens is 5. The molecule has 6 nitrogen and oxygen atoms in total. The highest BCUT2D eigenvalue weighted by atomic mass is 15.3. The van der Waals surface area contributed by atoms with Gasteiger partial charge in [0.25, 0.3) is 0 Å². The molecular formula is C19H18N6. The highest BCUT2D eigenvalue weighted by molar-refractivity contribution is 5.63. The van der Waals surface area contributed by atoms with Gasteiger partial charge in [-0.2, -0.15) is 10.2 Å². The molecule has 0 aliphatic carbocycles. The lowest BCUT2D eigenvalue weighted by Crippen LogP contribution is -1.93. The van der Waals surface area contributed by atoms with Crippen molar-refractivity contribution in [1.29, 1.82) is 0 Å². The van der Waals surface area contributed by atoms with E-state index in [1.54, 1.807) is 0 Å². The lowest BCUT2D eigenvalue weighted by atomic mass is 10.1. The van der Waals surface area contributed by atoms with E-state index in [4.69, 9.17) is 5.73 Å². The summed E-state index contributed by atoms with van der Waals surface area (Å²) in [5.74, 6) is 1.44. The maximum Gasteiger partial charge on any atom is 0.181 e. The second-order valence-electron chi connectivity index (χ2n) is 5.98. The Hall–Kier alpha value is -3.41. The van der Waals surface area contributed by atoms with Gasteiger partial charge in [0, 0.05) is 23.9 Å². The number of aryl methyl sites for hydroxylation is 1. The van der Waals surface area contributed by atoms with E-state index in [9.17, 15) is 0 Å². The Morgan fingerprint density at radius 2 is 1.96 bits per heavy atom. The van der Waals surface area contributed by atoms with Crippen LogP contribution in [0.15, 0.2) is 60.9 Å². The van der Waals surface area contributed by atoms with Crippen LogP contribution in [0.25, 0.3) is 17.1 Å². The van der Waals surface area contributed by atoms with Crippen molar-refractivity contribution in [2.24, 2.45) is 0 Å². The zero-order valence-electron chi connectivity index (χ0n) is 13.8. The predicted octanol–water partition coefficient (Wildman–Crippen LogP) is 3.14. The predicted molar refractivity (Wildman–Crippen MR) is 97.3 cm³/mol. The SMILES string of the molecule is Cc1ccc(-c2n[nH]c(Cc3cnn(-c4ccccc4)c3)n2)cc1N. The zero-order chi connectivity index (χ0) is 17.2. The molecule has 0 radical (unpaired) electrons. The number of aromatic amines is 1. The van der Waals surface area contributed by atoms with E-state index in [0.29, 0.717) is 12.2 Å². The lowest BCUT2D eigenvalue weighted by Gasteiger charge is -2.01. The Bertz CT molecular complexity index is 1000. The third-order valence-corrected chi connectivity index (χ3v) is 4.10. The molecule has 0 unspecified atom stereocenters. The van der Waals surface area contributed by atoms with Gasteiger partial charge in [-0.15, -0.1) is 0 Å². The first kappa shape index (κ1) is 15.1. The summed E-state index contributed by atoms with van der Waals surface area (Å²) < 4.78 is 1.85. The molecule has 124 valence electrons. The molecule has 0 saturated carbocycles. The highest BCUT2D eigenvalue weighted by Gasteiger charge is 2.09. The fraction of sp³-hybridized carbons (Fsp3) is 0.105. The molecular weight excluding hydrogens is 312 g/mol. The van der Waals surface area contributed by atoms with Crippen LogP contribution < -0.4 is 5.73 Å². The van der Waals surface area contributed by atoms with E-state index in [1.807, 2.05) is 72.5 Å². The van der Waals surface area contributed by atoms with E-state index >= 15 is 0 Å². The summed E-state index contributed by atoms with van der Waals surface area (Å²) in [5.41, 5.74) is 10.8. The van der Waals surface area contributed by atoms with Gasteiger partial charge in [-0.05, 0) is 36.2 Å². The van der Waals surface area contributed by atoms with Gasteiger partial charge in [-0.25, -0.2) is 9.67 Å². The van der Waals surface area contributed by atoms with Crippen molar-refractivity contribution >= 4 is 5.69 Å². The Balaban J connectivity index is 1.53. The summed E-state index contributed by atoms with van der Waals surface area (Å²) in [6, 6.07) is 15.9. The van der Waals surface area contributed by atoms with Crippen LogP contribution in [-0.2, 0) is 6.42 Å². The molecule has 2 aromatic heterocycles. The number of para-hydroxylation sites is 1. The summed E-state index contributed by atoms with van der Waals surface area (Å²) in [7, 11) is 0. The van der Waals surface area contributed by atoms with Crippen molar-refractivity contribution in [3.8, 4) is 17.1 Å². The van der Waals surface area contributed by atoms with Crippen molar-refractivity contribution < 1.29 is 0 Å². The molecule has 0 atom stereocenters. The number of rotatable bonds is 4. The first-order valence-corrected chi connectivity index (χ1v) is 8.06. The third kappa shape index (κ3) is 3.14. The Labute approximate surface area is 145 Å². The molecule has 0 saturated heterocycles. The van der Waals surface area contributed by atoms with Crippen LogP contribution in [0.5, 0.6) is 0 Å². The number of nitrogens with zero attached hydrogens (tertiary/aromatic N) is 4. The average Bonchev–Trinajstić information content (AvgIpc) is 3.28. The van der Waals surface area contributed by atoms with Crippen LogP contribution in [0, 0.1) is 6.92 Å². The van der Waals surface area contributed by atoms with Gasteiger partial charge in [-0.3, -0.25) is 5.10 Å². The van der Waals surface area contributed by atoms with Crippen LogP contribution in [0.1, 0.15) is 17.0 Å². The largest absolute Gasteiger partial charge is 0.398 e. The molecule has 25 heavy (non-hydrogen) atoms. The average molecular weight is 330 g/mol. The topological polar surface area (TPSA) is 85.4 Å².